The first kappa shape index (κ1) is 12.9. The summed E-state index contributed by atoms with van der Waals surface area (Å²) < 4.78 is 5.15. The quantitative estimate of drug-likeness (QED) is 0.853. The molecule has 0 unspecified atom stereocenters. The van der Waals surface area contributed by atoms with Gasteiger partial charge >= 0.3 is 6.09 Å². The van der Waals surface area contributed by atoms with Crippen LogP contribution in [0.3, 0.4) is 0 Å². The second kappa shape index (κ2) is 6.40. The Morgan fingerprint density at radius 1 is 1.39 bits per heavy atom. The van der Waals surface area contributed by atoms with Crippen LogP contribution in [0.1, 0.15) is 12.5 Å². The molecule has 4 heteroatoms. The number of alkyl carbamates (subject to hydrolysis) is 1. The van der Waals surface area contributed by atoms with Crippen LogP contribution in [0.2, 0.25) is 0 Å². The van der Waals surface area contributed by atoms with Crippen molar-refractivity contribution in [3.05, 3.63) is 35.9 Å². The molecule has 0 bridgehead atoms. The average molecular weight is 248 g/mol. The normalized spacial score (nSPS) is 22.7. The van der Waals surface area contributed by atoms with Gasteiger partial charge in [-0.05, 0) is 30.5 Å². The molecule has 98 valence electrons. The first-order valence-electron chi connectivity index (χ1n) is 6.41. The minimum Gasteiger partial charge on any atom is -0.445 e. The topological polar surface area (TPSA) is 50.4 Å². The van der Waals surface area contributed by atoms with Crippen molar-refractivity contribution in [3.8, 4) is 0 Å². The molecule has 0 radical (unpaired) electrons. The number of benzene rings is 1. The molecule has 0 saturated carbocycles. The van der Waals surface area contributed by atoms with Gasteiger partial charge in [-0.15, -0.1) is 0 Å². The van der Waals surface area contributed by atoms with Gasteiger partial charge in [-0.1, -0.05) is 37.3 Å². The average Bonchev–Trinajstić information content (AvgIpc) is 2.81. The summed E-state index contributed by atoms with van der Waals surface area (Å²) in [5.74, 6) is 1.12. The highest BCUT2D eigenvalue weighted by molar-refractivity contribution is 5.67. The van der Waals surface area contributed by atoms with Gasteiger partial charge in [-0.2, -0.15) is 0 Å². The zero-order valence-electron chi connectivity index (χ0n) is 10.7. The van der Waals surface area contributed by atoms with E-state index < -0.39 is 0 Å². The van der Waals surface area contributed by atoms with Gasteiger partial charge in [0.05, 0.1) is 0 Å². The van der Waals surface area contributed by atoms with Crippen molar-refractivity contribution in [2.45, 2.75) is 13.5 Å². The molecular weight excluding hydrogens is 228 g/mol. The highest BCUT2D eigenvalue weighted by Crippen LogP contribution is 2.14. The fourth-order valence-electron chi connectivity index (χ4n) is 2.13. The van der Waals surface area contributed by atoms with E-state index in [4.69, 9.17) is 4.74 Å². The lowest BCUT2D eigenvalue weighted by Gasteiger charge is -2.14. The monoisotopic (exact) mass is 248 g/mol. The second-order valence-electron chi connectivity index (χ2n) is 4.84. The highest BCUT2D eigenvalue weighted by atomic mass is 16.5. The van der Waals surface area contributed by atoms with E-state index in [0.29, 0.717) is 25.0 Å². The molecule has 1 aromatic rings. The summed E-state index contributed by atoms with van der Waals surface area (Å²) in [6, 6.07) is 9.69. The van der Waals surface area contributed by atoms with Crippen LogP contribution >= 0.6 is 0 Å². The Hall–Kier alpha value is -1.55. The Balaban J connectivity index is 1.66. The number of ether oxygens (including phenoxy) is 1. The van der Waals surface area contributed by atoms with E-state index in [0.717, 1.165) is 18.7 Å². The lowest BCUT2D eigenvalue weighted by Crippen LogP contribution is -2.32. The maximum Gasteiger partial charge on any atom is 0.407 e. The van der Waals surface area contributed by atoms with Crippen LogP contribution in [0.15, 0.2) is 30.3 Å². The molecule has 1 aliphatic rings. The van der Waals surface area contributed by atoms with Crippen LogP contribution in [0.4, 0.5) is 4.79 Å². The predicted octanol–water partition coefficient (Wildman–Crippen LogP) is 1.77. The highest BCUT2D eigenvalue weighted by Gasteiger charge is 2.23. The molecule has 1 heterocycles. The molecule has 2 N–H and O–H groups in total. The zero-order valence-corrected chi connectivity index (χ0v) is 10.7. The molecule has 2 atom stereocenters. The van der Waals surface area contributed by atoms with Crippen molar-refractivity contribution in [1.29, 1.82) is 0 Å². The van der Waals surface area contributed by atoms with Gasteiger partial charge in [-0.25, -0.2) is 4.79 Å². The van der Waals surface area contributed by atoms with Crippen molar-refractivity contribution in [2.24, 2.45) is 11.8 Å². The Labute approximate surface area is 108 Å². The summed E-state index contributed by atoms with van der Waals surface area (Å²) in [5.41, 5.74) is 1.00. The molecule has 1 amide bonds. The minimum atomic E-state index is -0.335. The summed E-state index contributed by atoms with van der Waals surface area (Å²) in [6.45, 7) is 5.21. The van der Waals surface area contributed by atoms with E-state index >= 15 is 0 Å². The lowest BCUT2D eigenvalue weighted by atomic mass is 9.98. The first-order valence-corrected chi connectivity index (χ1v) is 6.41. The number of nitrogens with one attached hydrogen (secondary N) is 2. The third-order valence-corrected chi connectivity index (χ3v) is 3.40. The van der Waals surface area contributed by atoms with Crippen molar-refractivity contribution in [1.82, 2.24) is 10.6 Å². The van der Waals surface area contributed by atoms with Crippen LogP contribution in [0.5, 0.6) is 0 Å². The van der Waals surface area contributed by atoms with E-state index in [2.05, 4.69) is 17.6 Å². The van der Waals surface area contributed by atoms with Crippen LogP contribution < -0.4 is 10.6 Å². The maximum atomic E-state index is 11.5. The third-order valence-electron chi connectivity index (χ3n) is 3.40. The summed E-state index contributed by atoms with van der Waals surface area (Å²) >= 11 is 0. The first-order chi connectivity index (χ1) is 8.75. The minimum absolute atomic E-state index is 0.325. The molecule has 1 fully saturated rings. The van der Waals surface area contributed by atoms with E-state index in [1.54, 1.807) is 0 Å². The predicted molar refractivity (Wildman–Crippen MR) is 70.2 cm³/mol. The van der Waals surface area contributed by atoms with Crippen molar-refractivity contribution in [3.63, 3.8) is 0 Å². The summed E-state index contributed by atoms with van der Waals surface area (Å²) in [4.78, 5) is 11.5. The molecule has 0 aromatic heterocycles. The fourth-order valence-corrected chi connectivity index (χ4v) is 2.13. The SMILES string of the molecule is C[C@@H]1CNC[C@@H]1CNC(=O)OCc1ccccc1. The zero-order chi connectivity index (χ0) is 12.8. The Morgan fingerprint density at radius 3 is 2.83 bits per heavy atom. The molecule has 2 rings (SSSR count). The Morgan fingerprint density at radius 2 is 2.17 bits per heavy atom. The van der Waals surface area contributed by atoms with Gasteiger partial charge < -0.3 is 15.4 Å². The lowest BCUT2D eigenvalue weighted by molar-refractivity contribution is 0.137. The van der Waals surface area contributed by atoms with Gasteiger partial charge in [0.25, 0.3) is 0 Å². The molecule has 1 aliphatic heterocycles. The van der Waals surface area contributed by atoms with E-state index in [-0.39, 0.29) is 6.09 Å². The number of carbonyl (C=O) groups is 1. The summed E-state index contributed by atoms with van der Waals surface area (Å²) in [7, 11) is 0. The van der Waals surface area contributed by atoms with E-state index in [9.17, 15) is 4.79 Å². The molecule has 1 aromatic carbocycles. The van der Waals surface area contributed by atoms with Crippen LogP contribution in [0.25, 0.3) is 0 Å². The van der Waals surface area contributed by atoms with Gasteiger partial charge in [-0.3, -0.25) is 0 Å². The Bertz CT molecular complexity index is 381. The van der Waals surface area contributed by atoms with Crippen molar-refractivity contribution < 1.29 is 9.53 Å². The van der Waals surface area contributed by atoms with Crippen LogP contribution in [-0.2, 0) is 11.3 Å². The van der Waals surface area contributed by atoms with Crippen molar-refractivity contribution in [2.75, 3.05) is 19.6 Å². The fraction of sp³-hybridized carbons (Fsp3) is 0.500. The van der Waals surface area contributed by atoms with Gasteiger partial charge in [0.15, 0.2) is 0 Å². The van der Waals surface area contributed by atoms with Crippen LogP contribution in [0, 0.1) is 11.8 Å². The molecule has 1 saturated heterocycles. The summed E-state index contributed by atoms with van der Waals surface area (Å²) in [5, 5.41) is 6.14. The standard InChI is InChI=1S/C14H20N2O2/c1-11-7-15-8-13(11)9-16-14(17)18-10-12-5-3-2-4-6-12/h2-6,11,13,15H,7-10H2,1H3,(H,16,17)/t11-,13-/m1/s1. The van der Waals surface area contributed by atoms with Crippen molar-refractivity contribution >= 4 is 6.09 Å². The van der Waals surface area contributed by atoms with Gasteiger partial charge in [0.2, 0.25) is 0 Å². The molecule has 18 heavy (non-hydrogen) atoms. The maximum absolute atomic E-state index is 11.5. The Kier molecular flexibility index (Phi) is 4.59. The number of hydrogen-bond acceptors (Lipinski definition) is 3. The number of hydrogen-bond donors (Lipinski definition) is 2. The smallest absolute Gasteiger partial charge is 0.407 e. The largest absolute Gasteiger partial charge is 0.445 e. The van der Waals surface area contributed by atoms with Gasteiger partial charge in [0, 0.05) is 6.54 Å². The molecule has 0 spiro atoms. The third kappa shape index (κ3) is 3.74. The second-order valence-corrected chi connectivity index (χ2v) is 4.84. The molecular formula is C14H20N2O2. The van der Waals surface area contributed by atoms with E-state index in [1.807, 2.05) is 30.3 Å². The summed E-state index contributed by atoms with van der Waals surface area (Å²) in [6.07, 6.45) is -0.335. The number of amides is 1. The van der Waals surface area contributed by atoms with Crippen LogP contribution in [-0.4, -0.2) is 25.7 Å². The van der Waals surface area contributed by atoms with E-state index in [1.165, 1.54) is 0 Å². The molecule has 4 nitrogen and oxygen atoms in total. The molecule has 0 aliphatic carbocycles. The number of rotatable bonds is 4. The van der Waals surface area contributed by atoms with Gasteiger partial charge in [0.1, 0.15) is 6.61 Å². The number of carbonyl (C=O) groups excluding carboxylic acids is 1.